The van der Waals surface area contributed by atoms with E-state index in [2.05, 4.69) is 27.4 Å². The van der Waals surface area contributed by atoms with Gasteiger partial charge in [-0.2, -0.15) is 4.98 Å². The largest absolute Gasteiger partial charge is 0.449 e. The van der Waals surface area contributed by atoms with Crippen LogP contribution in [0.3, 0.4) is 0 Å². The fourth-order valence-electron chi connectivity index (χ4n) is 3.32. The Morgan fingerprint density at radius 2 is 2.10 bits per heavy atom. The van der Waals surface area contributed by atoms with Crippen LogP contribution in [0.4, 0.5) is 16.6 Å². The third-order valence-corrected chi connectivity index (χ3v) is 5.21. The molecule has 10 heteroatoms. The van der Waals surface area contributed by atoms with Crippen molar-refractivity contribution in [2.75, 3.05) is 56.2 Å². The van der Waals surface area contributed by atoms with Gasteiger partial charge in [0.05, 0.1) is 25.9 Å². The number of anilines is 2. The van der Waals surface area contributed by atoms with Gasteiger partial charge in [0.1, 0.15) is 5.82 Å². The molecule has 2 aliphatic heterocycles. The molecule has 2 aliphatic rings. The zero-order valence-electron chi connectivity index (χ0n) is 17.2. The Hall–Kier alpha value is -2.88. The third kappa shape index (κ3) is 4.99. The monoisotopic (exact) mass is 416 g/mol. The van der Waals surface area contributed by atoms with E-state index in [0.717, 1.165) is 30.6 Å². The molecule has 2 fully saturated rings. The van der Waals surface area contributed by atoms with Crippen molar-refractivity contribution < 1.29 is 18.8 Å². The van der Waals surface area contributed by atoms with E-state index in [-0.39, 0.29) is 6.09 Å². The van der Waals surface area contributed by atoms with E-state index in [9.17, 15) is 4.79 Å². The molecule has 0 aliphatic carbocycles. The van der Waals surface area contributed by atoms with Crippen molar-refractivity contribution in [3.63, 3.8) is 0 Å². The zero-order chi connectivity index (χ0) is 20.8. The SMILES string of the molecule is CCCCCOC(=O)N1CCN(c2noc(-c3ccnc(NC4COC4)c3)n2)CC1. The molecule has 0 aromatic carbocycles. The Kier molecular flexibility index (Phi) is 6.63. The average molecular weight is 416 g/mol. The lowest BCUT2D eigenvalue weighted by atomic mass is 10.2. The predicted molar refractivity (Wildman–Crippen MR) is 110 cm³/mol. The number of carbonyl (C=O) groups excluding carboxylic acids is 1. The molecule has 0 unspecified atom stereocenters. The maximum absolute atomic E-state index is 12.1. The fourth-order valence-corrected chi connectivity index (χ4v) is 3.32. The molecule has 162 valence electrons. The molecule has 0 atom stereocenters. The first-order valence-corrected chi connectivity index (χ1v) is 10.5. The number of nitrogens with one attached hydrogen (secondary N) is 1. The Balaban J connectivity index is 1.29. The number of rotatable bonds is 8. The summed E-state index contributed by atoms with van der Waals surface area (Å²) in [4.78, 5) is 24.7. The summed E-state index contributed by atoms with van der Waals surface area (Å²) in [5.74, 6) is 1.73. The number of hydrogen-bond acceptors (Lipinski definition) is 9. The van der Waals surface area contributed by atoms with Gasteiger partial charge in [-0.1, -0.05) is 19.8 Å². The van der Waals surface area contributed by atoms with Crippen LogP contribution in [0.2, 0.25) is 0 Å². The Morgan fingerprint density at radius 1 is 1.27 bits per heavy atom. The van der Waals surface area contributed by atoms with Crippen LogP contribution in [-0.2, 0) is 9.47 Å². The second-order valence-corrected chi connectivity index (χ2v) is 7.50. The molecule has 0 bridgehead atoms. The van der Waals surface area contributed by atoms with E-state index in [1.54, 1.807) is 11.1 Å². The van der Waals surface area contributed by atoms with Crippen molar-refractivity contribution in [3.8, 4) is 11.5 Å². The summed E-state index contributed by atoms with van der Waals surface area (Å²) in [6, 6.07) is 4.02. The summed E-state index contributed by atoms with van der Waals surface area (Å²) < 4.78 is 16.0. The van der Waals surface area contributed by atoms with Crippen LogP contribution < -0.4 is 10.2 Å². The fraction of sp³-hybridized carbons (Fsp3) is 0.600. The normalized spacial score (nSPS) is 17.0. The molecule has 2 aromatic rings. The van der Waals surface area contributed by atoms with Crippen LogP contribution in [0, 0.1) is 0 Å². The Morgan fingerprint density at radius 3 is 2.83 bits per heavy atom. The van der Waals surface area contributed by atoms with E-state index in [1.807, 2.05) is 17.0 Å². The topological polar surface area (TPSA) is 106 Å². The summed E-state index contributed by atoms with van der Waals surface area (Å²) in [5.41, 5.74) is 0.806. The Bertz CT molecular complexity index is 832. The van der Waals surface area contributed by atoms with Crippen molar-refractivity contribution in [3.05, 3.63) is 18.3 Å². The number of carbonyl (C=O) groups is 1. The summed E-state index contributed by atoms with van der Waals surface area (Å²) in [7, 11) is 0. The predicted octanol–water partition coefficient (Wildman–Crippen LogP) is 2.39. The van der Waals surface area contributed by atoms with Gasteiger partial charge in [-0.05, 0) is 23.7 Å². The lowest BCUT2D eigenvalue weighted by molar-refractivity contribution is 0.0209. The van der Waals surface area contributed by atoms with Crippen LogP contribution in [0.15, 0.2) is 22.9 Å². The molecule has 1 N–H and O–H groups in total. The van der Waals surface area contributed by atoms with Gasteiger partial charge in [0.15, 0.2) is 0 Å². The number of piperazine rings is 1. The first-order valence-electron chi connectivity index (χ1n) is 10.5. The van der Waals surface area contributed by atoms with Crippen LogP contribution in [-0.4, -0.2) is 78.2 Å². The molecule has 1 amide bonds. The number of pyridine rings is 1. The molecule has 4 heterocycles. The van der Waals surface area contributed by atoms with Gasteiger partial charge in [-0.15, -0.1) is 0 Å². The number of aromatic nitrogens is 3. The summed E-state index contributed by atoms with van der Waals surface area (Å²) >= 11 is 0. The molecule has 2 aromatic heterocycles. The molecule has 0 spiro atoms. The summed E-state index contributed by atoms with van der Waals surface area (Å²) in [6.45, 7) is 6.40. The number of ether oxygens (including phenoxy) is 2. The zero-order valence-corrected chi connectivity index (χ0v) is 17.2. The number of unbranched alkanes of at least 4 members (excludes halogenated alkanes) is 2. The highest BCUT2D eigenvalue weighted by atomic mass is 16.6. The molecule has 10 nitrogen and oxygen atoms in total. The molecule has 30 heavy (non-hydrogen) atoms. The molecule has 2 saturated heterocycles. The first-order chi connectivity index (χ1) is 14.7. The van der Waals surface area contributed by atoms with E-state index in [0.29, 0.717) is 63.9 Å². The van der Waals surface area contributed by atoms with Crippen molar-refractivity contribution >= 4 is 17.9 Å². The number of hydrogen-bond donors (Lipinski definition) is 1. The van der Waals surface area contributed by atoms with Crippen LogP contribution in [0.1, 0.15) is 26.2 Å². The summed E-state index contributed by atoms with van der Waals surface area (Å²) in [6.07, 6.45) is 4.56. The number of nitrogens with zero attached hydrogens (tertiary/aromatic N) is 5. The lowest BCUT2D eigenvalue weighted by Gasteiger charge is -2.33. The average Bonchev–Trinajstić information content (AvgIpc) is 3.24. The maximum Gasteiger partial charge on any atom is 0.409 e. The van der Waals surface area contributed by atoms with E-state index in [4.69, 9.17) is 14.0 Å². The highest BCUT2D eigenvalue weighted by Crippen LogP contribution is 2.23. The minimum Gasteiger partial charge on any atom is -0.449 e. The van der Waals surface area contributed by atoms with Crippen LogP contribution >= 0.6 is 0 Å². The van der Waals surface area contributed by atoms with Gasteiger partial charge in [0, 0.05) is 37.9 Å². The molecular weight excluding hydrogens is 388 g/mol. The van der Waals surface area contributed by atoms with Crippen LogP contribution in [0.25, 0.3) is 11.5 Å². The smallest absolute Gasteiger partial charge is 0.409 e. The molecule has 0 saturated carbocycles. The standard InChI is InChI=1S/C20H28N6O4/c1-2-3-4-11-29-20(27)26-9-7-25(8-10-26)19-23-18(30-24-19)15-5-6-21-17(12-15)22-16-13-28-14-16/h5-6,12,16H,2-4,7-11,13-14H2,1H3,(H,21,22). The van der Waals surface area contributed by atoms with E-state index in [1.165, 1.54) is 0 Å². The number of amides is 1. The first kappa shape index (κ1) is 20.4. The van der Waals surface area contributed by atoms with Crippen molar-refractivity contribution in [1.29, 1.82) is 0 Å². The van der Waals surface area contributed by atoms with Gasteiger partial charge in [-0.25, -0.2) is 9.78 Å². The maximum atomic E-state index is 12.1. The molecular formula is C20H28N6O4. The van der Waals surface area contributed by atoms with Gasteiger partial charge in [-0.3, -0.25) is 0 Å². The van der Waals surface area contributed by atoms with E-state index < -0.39 is 0 Å². The van der Waals surface area contributed by atoms with Crippen molar-refractivity contribution in [1.82, 2.24) is 20.0 Å². The van der Waals surface area contributed by atoms with Gasteiger partial charge in [0.25, 0.3) is 11.8 Å². The highest BCUT2D eigenvalue weighted by Gasteiger charge is 2.25. The second kappa shape index (κ2) is 9.75. The Labute approximate surface area is 175 Å². The summed E-state index contributed by atoms with van der Waals surface area (Å²) in [5, 5.41) is 7.43. The van der Waals surface area contributed by atoms with Gasteiger partial charge < -0.3 is 29.1 Å². The van der Waals surface area contributed by atoms with Gasteiger partial charge >= 0.3 is 6.09 Å². The van der Waals surface area contributed by atoms with Crippen molar-refractivity contribution in [2.45, 2.75) is 32.2 Å². The quantitative estimate of drug-likeness (QED) is 0.649. The molecule has 4 rings (SSSR count). The minimum absolute atomic E-state index is 0.242. The second-order valence-electron chi connectivity index (χ2n) is 7.50. The third-order valence-electron chi connectivity index (χ3n) is 5.21. The highest BCUT2D eigenvalue weighted by molar-refractivity contribution is 5.68. The minimum atomic E-state index is -0.242. The molecule has 0 radical (unpaired) electrons. The lowest BCUT2D eigenvalue weighted by Crippen LogP contribution is -2.49. The van der Waals surface area contributed by atoms with Crippen molar-refractivity contribution in [2.24, 2.45) is 0 Å². The van der Waals surface area contributed by atoms with E-state index >= 15 is 0 Å². The van der Waals surface area contributed by atoms with Crippen LogP contribution in [0.5, 0.6) is 0 Å². The van der Waals surface area contributed by atoms with Gasteiger partial charge in [0.2, 0.25) is 0 Å².